The molecule has 1 rings (SSSR count). The minimum Gasteiger partial charge on any atom is -0.293 e. The smallest absolute Gasteiger partial charge is 0.177 e. The quantitative estimate of drug-likeness (QED) is 0.745. The summed E-state index contributed by atoms with van der Waals surface area (Å²) in [6, 6.07) is 7.20. The van der Waals surface area contributed by atoms with Gasteiger partial charge in [0.05, 0.1) is 5.25 Å². The second-order valence-electron chi connectivity index (χ2n) is 4.73. The number of ketones is 1. The van der Waals surface area contributed by atoms with Crippen molar-refractivity contribution < 1.29 is 13.2 Å². The number of hydrogen-bond donors (Lipinski definition) is 0. The molecule has 0 spiro atoms. The highest BCUT2D eigenvalue weighted by Crippen LogP contribution is 2.10. The van der Waals surface area contributed by atoms with Gasteiger partial charge in [-0.05, 0) is 25.8 Å². The van der Waals surface area contributed by atoms with E-state index in [9.17, 15) is 13.2 Å². The summed E-state index contributed by atoms with van der Waals surface area (Å²) in [6.45, 7) is 5.27. The maximum Gasteiger partial charge on any atom is 0.177 e. The first-order chi connectivity index (χ1) is 8.36. The van der Waals surface area contributed by atoms with Crippen LogP contribution in [-0.4, -0.2) is 25.2 Å². The van der Waals surface area contributed by atoms with Gasteiger partial charge in [-0.2, -0.15) is 0 Å². The number of aryl methyl sites for hydroxylation is 1. The van der Waals surface area contributed by atoms with Gasteiger partial charge in [-0.3, -0.25) is 4.79 Å². The van der Waals surface area contributed by atoms with Crippen LogP contribution in [0, 0.1) is 0 Å². The molecule has 0 aliphatic carbocycles. The highest BCUT2D eigenvalue weighted by Gasteiger charge is 2.21. The summed E-state index contributed by atoms with van der Waals surface area (Å²) >= 11 is 0. The Morgan fingerprint density at radius 1 is 1.17 bits per heavy atom. The van der Waals surface area contributed by atoms with Crippen LogP contribution in [0.5, 0.6) is 0 Å². The molecule has 0 saturated carbocycles. The summed E-state index contributed by atoms with van der Waals surface area (Å²) in [6.07, 6.45) is 2.02. The molecule has 0 amide bonds. The molecule has 0 aliphatic heterocycles. The van der Waals surface area contributed by atoms with Crippen molar-refractivity contribution in [1.82, 2.24) is 0 Å². The standard InChI is InChI=1S/C14H20O3S/c1-4-5-12-6-8-13(9-7-12)14(15)10-18(16,17)11(2)3/h6-9,11H,4-5,10H2,1-3H3. The molecule has 0 unspecified atom stereocenters. The van der Waals surface area contributed by atoms with E-state index in [1.165, 1.54) is 5.56 Å². The van der Waals surface area contributed by atoms with Crippen molar-refractivity contribution in [3.05, 3.63) is 35.4 Å². The lowest BCUT2D eigenvalue weighted by atomic mass is 10.1. The first-order valence-electron chi connectivity index (χ1n) is 6.20. The molecular weight excluding hydrogens is 248 g/mol. The van der Waals surface area contributed by atoms with E-state index < -0.39 is 20.8 Å². The molecule has 0 aliphatic rings. The van der Waals surface area contributed by atoms with Gasteiger partial charge in [0.2, 0.25) is 0 Å². The number of benzene rings is 1. The fourth-order valence-corrected chi connectivity index (χ4v) is 2.44. The Balaban J connectivity index is 2.79. The van der Waals surface area contributed by atoms with E-state index in [4.69, 9.17) is 0 Å². The molecule has 0 saturated heterocycles. The van der Waals surface area contributed by atoms with Crippen LogP contribution in [0.4, 0.5) is 0 Å². The normalized spacial score (nSPS) is 11.8. The van der Waals surface area contributed by atoms with Gasteiger partial charge in [0.15, 0.2) is 15.6 Å². The molecule has 0 N–H and O–H groups in total. The summed E-state index contributed by atoms with van der Waals surface area (Å²) in [5.41, 5.74) is 1.64. The lowest BCUT2D eigenvalue weighted by molar-refractivity contribution is 0.102. The Morgan fingerprint density at radius 3 is 2.17 bits per heavy atom. The second kappa shape index (κ2) is 6.14. The van der Waals surface area contributed by atoms with E-state index in [1.807, 2.05) is 12.1 Å². The molecule has 100 valence electrons. The van der Waals surface area contributed by atoms with Crippen LogP contribution in [0.3, 0.4) is 0 Å². The van der Waals surface area contributed by atoms with E-state index in [0.29, 0.717) is 5.56 Å². The Morgan fingerprint density at radius 2 is 1.72 bits per heavy atom. The molecule has 1 aromatic carbocycles. The predicted molar refractivity (Wildman–Crippen MR) is 73.7 cm³/mol. The van der Waals surface area contributed by atoms with Crippen molar-refractivity contribution in [2.45, 2.75) is 38.9 Å². The summed E-state index contributed by atoms with van der Waals surface area (Å²) in [4.78, 5) is 11.9. The Hall–Kier alpha value is -1.16. The zero-order chi connectivity index (χ0) is 13.8. The van der Waals surface area contributed by atoms with Gasteiger partial charge in [-0.25, -0.2) is 8.42 Å². The summed E-state index contributed by atoms with van der Waals surface area (Å²) in [7, 11) is -3.32. The molecule has 0 aromatic heterocycles. The molecule has 0 atom stereocenters. The van der Waals surface area contributed by atoms with Crippen molar-refractivity contribution in [2.24, 2.45) is 0 Å². The zero-order valence-corrected chi connectivity index (χ0v) is 12.0. The van der Waals surface area contributed by atoms with Gasteiger partial charge in [0.1, 0.15) is 5.75 Å². The minimum atomic E-state index is -3.32. The summed E-state index contributed by atoms with van der Waals surface area (Å²) in [5.74, 6) is -0.732. The van der Waals surface area contributed by atoms with Gasteiger partial charge in [0.25, 0.3) is 0 Å². The third-order valence-corrected chi connectivity index (χ3v) is 4.97. The second-order valence-corrected chi connectivity index (χ2v) is 7.28. The van der Waals surface area contributed by atoms with Crippen LogP contribution >= 0.6 is 0 Å². The first kappa shape index (κ1) is 14.9. The Labute approximate surface area is 109 Å². The molecule has 18 heavy (non-hydrogen) atoms. The number of carbonyl (C=O) groups is 1. The van der Waals surface area contributed by atoms with Crippen molar-refractivity contribution in [3.8, 4) is 0 Å². The fraction of sp³-hybridized carbons (Fsp3) is 0.500. The van der Waals surface area contributed by atoms with Crippen LogP contribution in [0.25, 0.3) is 0 Å². The molecular formula is C14H20O3S. The van der Waals surface area contributed by atoms with Gasteiger partial charge in [-0.15, -0.1) is 0 Å². The molecule has 3 nitrogen and oxygen atoms in total. The third-order valence-electron chi connectivity index (χ3n) is 2.87. The third kappa shape index (κ3) is 3.95. The lowest BCUT2D eigenvalue weighted by Gasteiger charge is -2.07. The average Bonchev–Trinajstić information content (AvgIpc) is 2.29. The van der Waals surface area contributed by atoms with E-state index in [0.717, 1.165) is 12.8 Å². The summed E-state index contributed by atoms with van der Waals surface area (Å²) < 4.78 is 23.3. The monoisotopic (exact) mass is 268 g/mol. The molecule has 0 fully saturated rings. The SMILES string of the molecule is CCCc1ccc(C(=O)CS(=O)(=O)C(C)C)cc1. The largest absolute Gasteiger partial charge is 0.293 e. The van der Waals surface area contributed by atoms with Crippen molar-refractivity contribution in [3.63, 3.8) is 0 Å². The predicted octanol–water partition coefficient (Wildman–Crippen LogP) is 2.65. The van der Waals surface area contributed by atoms with Crippen LogP contribution in [0.1, 0.15) is 43.1 Å². The van der Waals surface area contributed by atoms with Crippen LogP contribution in [0.15, 0.2) is 24.3 Å². The van der Waals surface area contributed by atoms with Crippen LogP contribution < -0.4 is 0 Å². The van der Waals surface area contributed by atoms with Crippen LogP contribution in [0.2, 0.25) is 0 Å². The molecule has 4 heteroatoms. The number of Topliss-reactive ketones (excluding diaryl/α,β-unsaturated/α-hetero) is 1. The first-order valence-corrected chi connectivity index (χ1v) is 7.92. The summed E-state index contributed by atoms with van der Waals surface area (Å²) in [5, 5.41) is -0.513. The highest BCUT2D eigenvalue weighted by atomic mass is 32.2. The number of hydrogen-bond acceptors (Lipinski definition) is 3. The topological polar surface area (TPSA) is 51.2 Å². The Bertz CT molecular complexity index is 498. The van der Waals surface area contributed by atoms with Crippen LogP contribution in [-0.2, 0) is 16.3 Å². The van der Waals surface area contributed by atoms with E-state index in [1.54, 1.807) is 26.0 Å². The van der Waals surface area contributed by atoms with Gasteiger partial charge >= 0.3 is 0 Å². The molecule has 1 aromatic rings. The fourth-order valence-electron chi connectivity index (χ4n) is 1.58. The lowest BCUT2D eigenvalue weighted by Crippen LogP contribution is -2.23. The highest BCUT2D eigenvalue weighted by molar-refractivity contribution is 7.92. The van der Waals surface area contributed by atoms with Crippen molar-refractivity contribution in [1.29, 1.82) is 0 Å². The molecule has 0 heterocycles. The Kier molecular flexibility index (Phi) is 5.08. The van der Waals surface area contributed by atoms with Crippen molar-refractivity contribution >= 4 is 15.6 Å². The van der Waals surface area contributed by atoms with E-state index in [-0.39, 0.29) is 5.78 Å². The molecule has 0 radical (unpaired) electrons. The van der Waals surface area contributed by atoms with E-state index in [2.05, 4.69) is 6.92 Å². The minimum absolute atomic E-state index is 0.327. The number of rotatable bonds is 6. The maximum atomic E-state index is 11.9. The van der Waals surface area contributed by atoms with Gasteiger partial charge in [0, 0.05) is 5.56 Å². The molecule has 0 bridgehead atoms. The maximum absolute atomic E-state index is 11.9. The number of carbonyl (C=O) groups excluding carboxylic acids is 1. The van der Waals surface area contributed by atoms with Gasteiger partial charge < -0.3 is 0 Å². The van der Waals surface area contributed by atoms with Crippen molar-refractivity contribution in [2.75, 3.05) is 5.75 Å². The number of sulfone groups is 1. The zero-order valence-electron chi connectivity index (χ0n) is 11.1. The van der Waals surface area contributed by atoms with E-state index >= 15 is 0 Å². The van der Waals surface area contributed by atoms with Gasteiger partial charge in [-0.1, -0.05) is 37.6 Å². The average molecular weight is 268 g/mol.